The number of nitro groups is 1. The average Bonchev–Trinajstić information content (AvgIpc) is 3.10. The molecule has 1 saturated heterocycles. The fourth-order valence-corrected chi connectivity index (χ4v) is 4.42. The number of nitrogens with one attached hydrogen (secondary N) is 2. The van der Waals surface area contributed by atoms with Gasteiger partial charge in [-0.15, -0.1) is 0 Å². The normalized spacial score (nSPS) is 14.4. The molecule has 0 unspecified atom stereocenters. The van der Waals surface area contributed by atoms with Gasteiger partial charge in [-0.1, -0.05) is 61.2 Å². The molecule has 1 heterocycles. The highest BCUT2D eigenvalue weighted by molar-refractivity contribution is 8.26. The number of thioether (sulfide) groups is 1. The van der Waals surface area contributed by atoms with Crippen molar-refractivity contribution in [3.63, 3.8) is 0 Å². The molecule has 1 aliphatic heterocycles. The fraction of sp³-hybridized carbons (Fsp3) is 0.217. The molecule has 0 saturated carbocycles. The van der Waals surface area contributed by atoms with Crippen molar-refractivity contribution >= 4 is 57.8 Å². The first kappa shape index (κ1) is 25.1. The predicted molar refractivity (Wildman–Crippen MR) is 134 cm³/mol. The van der Waals surface area contributed by atoms with E-state index in [1.807, 2.05) is 24.3 Å². The smallest absolute Gasteiger partial charge is 0.270 e. The van der Waals surface area contributed by atoms with Crippen LogP contribution < -0.4 is 10.9 Å². The van der Waals surface area contributed by atoms with Gasteiger partial charge in [0.25, 0.3) is 17.5 Å². The molecular formula is C23H22N4O5S2. The molecule has 176 valence electrons. The molecular weight excluding hydrogens is 476 g/mol. The van der Waals surface area contributed by atoms with Gasteiger partial charge in [0.15, 0.2) is 0 Å². The van der Waals surface area contributed by atoms with Crippen molar-refractivity contribution in [3.05, 3.63) is 80.2 Å². The van der Waals surface area contributed by atoms with E-state index in [1.54, 1.807) is 6.08 Å². The molecule has 1 aliphatic rings. The molecule has 9 nitrogen and oxygen atoms in total. The van der Waals surface area contributed by atoms with Gasteiger partial charge < -0.3 is 0 Å². The summed E-state index contributed by atoms with van der Waals surface area (Å²) in [6, 6.07) is 13.1. The molecule has 2 aromatic rings. The Morgan fingerprint density at radius 2 is 1.91 bits per heavy atom. The summed E-state index contributed by atoms with van der Waals surface area (Å²) in [5, 5.41) is 10.8. The Balaban J connectivity index is 1.46. The summed E-state index contributed by atoms with van der Waals surface area (Å²) in [5.74, 6) is -1.34. The Hall–Kier alpha value is -3.57. The van der Waals surface area contributed by atoms with Gasteiger partial charge in [-0.3, -0.25) is 40.2 Å². The van der Waals surface area contributed by atoms with Crippen LogP contribution in [0, 0.1) is 10.1 Å². The van der Waals surface area contributed by atoms with E-state index in [1.165, 1.54) is 40.4 Å². The third kappa shape index (κ3) is 6.49. The Labute approximate surface area is 205 Å². The van der Waals surface area contributed by atoms with Crippen LogP contribution in [0.2, 0.25) is 0 Å². The second-order valence-corrected chi connectivity index (χ2v) is 9.02. The van der Waals surface area contributed by atoms with Crippen molar-refractivity contribution in [2.75, 3.05) is 6.54 Å². The van der Waals surface area contributed by atoms with E-state index in [9.17, 15) is 24.5 Å². The maximum atomic E-state index is 12.7. The van der Waals surface area contributed by atoms with Gasteiger partial charge >= 0.3 is 0 Å². The van der Waals surface area contributed by atoms with Gasteiger partial charge in [0.05, 0.1) is 9.83 Å². The SMILES string of the molecule is CCc1ccc(C=C2SC(=S)N(CCCC(=O)NNC(=O)c3cccc([N+](=O)[O-])c3)C2=O)cc1. The highest BCUT2D eigenvalue weighted by atomic mass is 32.2. The molecule has 0 bridgehead atoms. The van der Waals surface area contributed by atoms with Crippen molar-refractivity contribution in [1.82, 2.24) is 15.8 Å². The Morgan fingerprint density at radius 3 is 2.59 bits per heavy atom. The molecule has 11 heteroatoms. The monoisotopic (exact) mass is 498 g/mol. The highest BCUT2D eigenvalue weighted by Gasteiger charge is 2.31. The number of non-ortho nitro benzene ring substituents is 1. The number of hydrogen-bond acceptors (Lipinski definition) is 7. The van der Waals surface area contributed by atoms with E-state index >= 15 is 0 Å². The number of aryl methyl sites for hydroxylation is 1. The number of carbonyl (C=O) groups is 3. The van der Waals surface area contributed by atoms with Gasteiger partial charge in [-0.05, 0) is 36.1 Å². The molecule has 0 radical (unpaired) electrons. The number of benzene rings is 2. The van der Waals surface area contributed by atoms with E-state index in [2.05, 4.69) is 17.8 Å². The molecule has 0 aromatic heterocycles. The number of hydrogen-bond donors (Lipinski definition) is 2. The number of rotatable bonds is 8. The largest absolute Gasteiger partial charge is 0.293 e. The van der Waals surface area contributed by atoms with Crippen LogP contribution in [0.15, 0.2) is 53.4 Å². The van der Waals surface area contributed by atoms with Crippen LogP contribution in [0.3, 0.4) is 0 Å². The Kier molecular flexibility index (Phi) is 8.50. The summed E-state index contributed by atoms with van der Waals surface area (Å²) < 4.78 is 0.431. The minimum Gasteiger partial charge on any atom is -0.293 e. The van der Waals surface area contributed by atoms with Crippen molar-refractivity contribution in [1.29, 1.82) is 0 Å². The number of amides is 3. The molecule has 2 aromatic carbocycles. The van der Waals surface area contributed by atoms with Crippen molar-refractivity contribution in [2.24, 2.45) is 0 Å². The number of nitro benzene ring substituents is 1. The summed E-state index contributed by atoms with van der Waals surface area (Å²) >= 11 is 6.54. The molecule has 2 N–H and O–H groups in total. The highest BCUT2D eigenvalue weighted by Crippen LogP contribution is 2.32. The van der Waals surface area contributed by atoms with Crippen molar-refractivity contribution in [2.45, 2.75) is 26.2 Å². The lowest BCUT2D eigenvalue weighted by atomic mass is 10.1. The number of hydrazine groups is 1. The summed E-state index contributed by atoms with van der Waals surface area (Å²) in [6.07, 6.45) is 3.12. The van der Waals surface area contributed by atoms with Gasteiger partial charge in [-0.25, -0.2) is 0 Å². The molecule has 0 atom stereocenters. The minimum atomic E-state index is -0.675. The van der Waals surface area contributed by atoms with E-state index in [-0.39, 0.29) is 30.1 Å². The molecule has 0 spiro atoms. The molecule has 0 aliphatic carbocycles. The van der Waals surface area contributed by atoms with Gasteiger partial charge in [0, 0.05) is 30.7 Å². The maximum absolute atomic E-state index is 12.7. The zero-order valence-electron chi connectivity index (χ0n) is 18.3. The summed E-state index contributed by atoms with van der Waals surface area (Å²) in [6.45, 7) is 2.34. The summed E-state index contributed by atoms with van der Waals surface area (Å²) in [7, 11) is 0. The zero-order chi connectivity index (χ0) is 24.7. The first-order valence-electron chi connectivity index (χ1n) is 10.5. The lowest BCUT2D eigenvalue weighted by Crippen LogP contribution is -2.41. The zero-order valence-corrected chi connectivity index (χ0v) is 19.9. The van der Waals surface area contributed by atoms with E-state index in [0.29, 0.717) is 15.6 Å². The Morgan fingerprint density at radius 1 is 1.18 bits per heavy atom. The topological polar surface area (TPSA) is 122 Å². The van der Waals surface area contributed by atoms with Crippen LogP contribution in [-0.2, 0) is 16.0 Å². The third-order valence-corrected chi connectivity index (χ3v) is 6.36. The van der Waals surface area contributed by atoms with Gasteiger partial charge in [0.1, 0.15) is 4.32 Å². The van der Waals surface area contributed by atoms with Crippen LogP contribution in [0.1, 0.15) is 41.3 Å². The lowest BCUT2D eigenvalue weighted by Gasteiger charge is -2.14. The van der Waals surface area contributed by atoms with Gasteiger partial charge in [-0.2, -0.15) is 0 Å². The van der Waals surface area contributed by atoms with Gasteiger partial charge in [0.2, 0.25) is 5.91 Å². The van der Waals surface area contributed by atoms with E-state index < -0.39 is 16.7 Å². The minimum absolute atomic E-state index is 0.0446. The molecule has 34 heavy (non-hydrogen) atoms. The maximum Gasteiger partial charge on any atom is 0.270 e. The third-order valence-electron chi connectivity index (χ3n) is 4.98. The second kappa shape index (κ2) is 11.5. The van der Waals surface area contributed by atoms with Crippen molar-refractivity contribution in [3.8, 4) is 0 Å². The van der Waals surface area contributed by atoms with Crippen LogP contribution in [0.25, 0.3) is 6.08 Å². The number of carbonyl (C=O) groups excluding carboxylic acids is 3. The van der Waals surface area contributed by atoms with Crippen LogP contribution >= 0.6 is 24.0 Å². The molecule has 3 amide bonds. The summed E-state index contributed by atoms with van der Waals surface area (Å²) in [4.78, 5) is 49.1. The Bertz CT molecular complexity index is 1160. The summed E-state index contributed by atoms with van der Waals surface area (Å²) in [5.41, 5.74) is 6.43. The lowest BCUT2D eigenvalue weighted by molar-refractivity contribution is -0.384. The van der Waals surface area contributed by atoms with Crippen LogP contribution in [-0.4, -0.2) is 38.4 Å². The first-order valence-corrected chi connectivity index (χ1v) is 11.7. The van der Waals surface area contributed by atoms with E-state index in [4.69, 9.17) is 12.2 Å². The standard InChI is InChI=1S/C23H22N4O5S2/c1-2-15-8-10-16(11-9-15)13-19-22(30)26(23(33)34-19)12-4-7-20(28)24-25-21(29)17-5-3-6-18(14-17)27(31)32/h3,5-6,8-11,13-14H,2,4,7,12H2,1H3,(H,24,28)(H,25,29). The molecule has 3 rings (SSSR count). The second-order valence-electron chi connectivity index (χ2n) is 7.34. The van der Waals surface area contributed by atoms with Crippen LogP contribution in [0.5, 0.6) is 0 Å². The average molecular weight is 499 g/mol. The number of nitrogens with zero attached hydrogens (tertiary/aromatic N) is 2. The first-order chi connectivity index (χ1) is 16.3. The number of thiocarbonyl (C=S) groups is 1. The fourth-order valence-electron chi connectivity index (χ4n) is 3.11. The molecule has 1 fully saturated rings. The quantitative estimate of drug-likeness (QED) is 0.247. The van der Waals surface area contributed by atoms with Crippen molar-refractivity contribution < 1.29 is 19.3 Å². The van der Waals surface area contributed by atoms with Crippen LogP contribution in [0.4, 0.5) is 5.69 Å². The predicted octanol–water partition coefficient (Wildman–Crippen LogP) is 3.60. The van der Waals surface area contributed by atoms with E-state index in [0.717, 1.165) is 18.1 Å².